The number of rotatable bonds is 2. The quantitative estimate of drug-likeness (QED) is 0.774. The normalized spacial score (nSPS) is 18.9. The fourth-order valence-corrected chi connectivity index (χ4v) is 1.74. The lowest BCUT2D eigenvalue weighted by atomic mass is 10.00. The Balaban J connectivity index is 2.01. The van der Waals surface area contributed by atoms with Crippen LogP contribution in [0.25, 0.3) is 0 Å². The molecule has 2 N–H and O–H groups in total. The van der Waals surface area contributed by atoms with Crippen LogP contribution < -0.4 is 10.6 Å². The fraction of sp³-hybridized carbons (Fsp3) is 0.700. The zero-order valence-electron chi connectivity index (χ0n) is 8.57. The number of hydrogen-bond acceptors (Lipinski definition) is 4. The number of nitrogens with zero attached hydrogens (tertiary/aromatic N) is 2. The van der Waals surface area contributed by atoms with E-state index in [1.807, 2.05) is 0 Å². The Bertz CT molecular complexity index is 289. The van der Waals surface area contributed by atoms with Gasteiger partial charge >= 0.3 is 0 Å². The second-order valence-corrected chi connectivity index (χ2v) is 4.00. The van der Waals surface area contributed by atoms with Crippen molar-refractivity contribution in [3.05, 3.63) is 12.0 Å². The van der Waals surface area contributed by atoms with Crippen LogP contribution in [-0.2, 0) is 6.54 Å². The van der Waals surface area contributed by atoms with Gasteiger partial charge in [-0.2, -0.15) is 4.98 Å². The maximum atomic E-state index is 5.47. The summed E-state index contributed by atoms with van der Waals surface area (Å²) in [6.45, 7) is 4.84. The van der Waals surface area contributed by atoms with Gasteiger partial charge in [0.15, 0.2) is 0 Å². The summed E-state index contributed by atoms with van der Waals surface area (Å²) >= 11 is 0. The van der Waals surface area contributed by atoms with Crippen LogP contribution in [0.2, 0.25) is 0 Å². The summed E-state index contributed by atoms with van der Waals surface area (Å²) in [7, 11) is 0. The third kappa shape index (κ3) is 1.90. The predicted molar refractivity (Wildman–Crippen MR) is 55.0 cm³/mol. The van der Waals surface area contributed by atoms with Crippen molar-refractivity contribution in [2.24, 2.45) is 11.7 Å². The minimum absolute atomic E-state index is 0.452. The Hall–Kier alpha value is -1.03. The number of anilines is 1. The van der Waals surface area contributed by atoms with Gasteiger partial charge in [0.05, 0.1) is 5.69 Å². The molecule has 2 heterocycles. The molecule has 0 unspecified atom stereocenters. The number of hydrogen-bond donors (Lipinski definition) is 1. The molecule has 0 amide bonds. The van der Waals surface area contributed by atoms with E-state index in [1.165, 1.54) is 12.8 Å². The molecule has 1 aromatic heterocycles. The molecular weight excluding hydrogens is 178 g/mol. The van der Waals surface area contributed by atoms with Crippen LogP contribution in [0.3, 0.4) is 0 Å². The van der Waals surface area contributed by atoms with Gasteiger partial charge in [-0.05, 0) is 18.8 Å². The molecular formula is C10H17N3O. The minimum atomic E-state index is 0.452. The van der Waals surface area contributed by atoms with E-state index in [2.05, 4.69) is 16.8 Å². The molecule has 0 radical (unpaired) electrons. The molecule has 4 heteroatoms. The summed E-state index contributed by atoms with van der Waals surface area (Å²) < 4.78 is 5.37. The topological polar surface area (TPSA) is 55.3 Å². The molecule has 1 fully saturated rings. The summed E-state index contributed by atoms with van der Waals surface area (Å²) in [5.74, 6) is 0.829. The molecule has 4 nitrogen and oxygen atoms in total. The van der Waals surface area contributed by atoms with Crippen molar-refractivity contribution < 1.29 is 4.42 Å². The van der Waals surface area contributed by atoms with Crippen molar-refractivity contribution in [2.75, 3.05) is 18.0 Å². The van der Waals surface area contributed by atoms with Crippen LogP contribution in [0, 0.1) is 5.92 Å². The first-order valence-corrected chi connectivity index (χ1v) is 5.19. The standard InChI is InChI=1S/C10H17N3O/c1-8-2-4-13(5-3-8)10-12-9(6-11)7-14-10/h7-8H,2-6,11H2,1H3. The lowest BCUT2D eigenvalue weighted by Crippen LogP contribution is -2.32. The molecule has 2 rings (SSSR count). The number of nitrogens with two attached hydrogens (primary N) is 1. The van der Waals surface area contributed by atoms with E-state index in [-0.39, 0.29) is 0 Å². The van der Waals surface area contributed by atoms with Crippen molar-refractivity contribution in [1.29, 1.82) is 0 Å². The van der Waals surface area contributed by atoms with E-state index in [9.17, 15) is 0 Å². The molecule has 0 saturated carbocycles. The maximum Gasteiger partial charge on any atom is 0.297 e. The van der Waals surface area contributed by atoms with Gasteiger partial charge in [0, 0.05) is 19.6 Å². The van der Waals surface area contributed by atoms with Crippen LogP contribution in [0.4, 0.5) is 6.01 Å². The zero-order chi connectivity index (χ0) is 9.97. The summed E-state index contributed by atoms with van der Waals surface area (Å²) in [6.07, 6.45) is 4.09. The average Bonchev–Trinajstić information content (AvgIpc) is 2.67. The summed E-state index contributed by atoms with van der Waals surface area (Å²) in [5, 5.41) is 0. The van der Waals surface area contributed by atoms with Crippen molar-refractivity contribution in [2.45, 2.75) is 26.3 Å². The highest BCUT2D eigenvalue weighted by Crippen LogP contribution is 2.21. The van der Waals surface area contributed by atoms with Gasteiger partial charge < -0.3 is 15.1 Å². The highest BCUT2D eigenvalue weighted by atomic mass is 16.4. The average molecular weight is 195 g/mol. The van der Waals surface area contributed by atoms with Crippen molar-refractivity contribution in [3.63, 3.8) is 0 Å². The van der Waals surface area contributed by atoms with Crippen LogP contribution >= 0.6 is 0 Å². The van der Waals surface area contributed by atoms with E-state index in [0.717, 1.165) is 30.7 Å². The monoisotopic (exact) mass is 195 g/mol. The van der Waals surface area contributed by atoms with Crippen LogP contribution in [0.5, 0.6) is 0 Å². The van der Waals surface area contributed by atoms with Crippen molar-refractivity contribution >= 4 is 6.01 Å². The summed E-state index contributed by atoms with van der Waals surface area (Å²) in [6, 6.07) is 0.734. The highest BCUT2D eigenvalue weighted by molar-refractivity contribution is 5.27. The van der Waals surface area contributed by atoms with E-state index >= 15 is 0 Å². The van der Waals surface area contributed by atoms with Gasteiger partial charge in [-0.3, -0.25) is 0 Å². The largest absolute Gasteiger partial charge is 0.432 e. The van der Waals surface area contributed by atoms with Crippen LogP contribution in [-0.4, -0.2) is 18.1 Å². The first kappa shape index (κ1) is 9.52. The zero-order valence-corrected chi connectivity index (χ0v) is 8.57. The van der Waals surface area contributed by atoms with Crippen molar-refractivity contribution in [3.8, 4) is 0 Å². The van der Waals surface area contributed by atoms with Crippen LogP contribution in [0.15, 0.2) is 10.7 Å². The van der Waals surface area contributed by atoms with Crippen molar-refractivity contribution in [1.82, 2.24) is 4.98 Å². The Labute approximate surface area is 84.1 Å². The lowest BCUT2D eigenvalue weighted by molar-refractivity contribution is 0.413. The Kier molecular flexibility index (Phi) is 2.72. The summed E-state index contributed by atoms with van der Waals surface area (Å²) in [4.78, 5) is 6.51. The van der Waals surface area contributed by atoms with Gasteiger partial charge in [0.2, 0.25) is 0 Å². The first-order chi connectivity index (χ1) is 6.79. The molecule has 1 aliphatic rings. The molecule has 0 aromatic carbocycles. The third-order valence-electron chi connectivity index (χ3n) is 2.80. The summed E-state index contributed by atoms with van der Waals surface area (Å²) in [5.41, 5.74) is 6.31. The maximum absolute atomic E-state index is 5.47. The molecule has 0 bridgehead atoms. The molecule has 1 aliphatic heterocycles. The highest BCUT2D eigenvalue weighted by Gasteiger charge is 2.19. The second-order valence-electron chi connectivity index (χ2n) is 4.00. The Morgan fingerprint density at radius 3 is 2.86 bits per heavy atom. The predicted octanol–water partition coefficient (Wildman–Crippen LogP) is 1.37. The lowest BCUT2D eigenvalue weighted by Gasteiger charge is -2.28. The van der Waals surface area contributed by atoms with E-state index in [1.54, 1.807) is 6.26 Å². The number of oxazole rings is 1. The van der Waals surface area contributed by atoms with Gasteiger partial charge in [0.1, 0.15) is 6.26 Å². The molecule has 0 atom stereocenters. The number of aromatic nitrogens is 1. The SMILES string of the molecule is CC1CCN(c2nc(CN)co2)CC1. The third-order valence-corrected chi connectivity index (χ3v) is 2.80. The van der Waals surface area contributed by atoms with Crippen LogP contribution in [0.1, 0.15) is 25.5 Å². The first-order valence-electron chi connectivity index (χ1n) is 5.19. The molecule has 0 spiro atoms. The van der Waals surface area contributed by atoms with Gasteiger partial charge in [0.25, 0.3) is 6.01 Å². The molecule has 78 valence electrons. The Morgan fingerprint density at radius 2 is 2.29 bits per heavy atom. The van der Waals surface area contributed by atoms with E-state index in [0.29, 0.717) is 6.54 Å². The van der Waals surface area contributed by atoms with Gasteiger partial charge in [-0.1, -0.05) is 6.92 Å². The fourth-order valence-electron chi connectivity index (χ4n) is 1.74. The van der Waals surface area contributed by atoms with E-state index in [4.69, 9.17) is 10.2 Å². The minimum Gasteiger partial charge on any atom is -0.432 e. The molecule has 1 aromatic rings. The number of piperidine rings is 1. The Morgan fingerprint density at radius 1 is 1.57 bits per heavy atom. The second kappa shape index (κ2) is 4.00. The molecule has 1 saturated heterocycles. The molecule has 14 heavy (non-hydrogen) atoms. The van der Waals surface area contributed by atoms with E-state index < -0.39 is 0 Å². The smallest absolute Gasteiger partial charge is 0.297 e. The van der Waals surface area contributed by atoms with Gasteiger partial charge in [-0.25, -0.2) is 0 Å². The van der Waals surface area contributed by atoms with Gasteiger partial charge in [-0.15, -0.1) is 0 Å². The molecule has 0 aliphatic carbocycles.